The number of aliphatic hydroxyl groups excluding tert-OH is 1. The lowest BCUT2D eigenvalue weighted by atomic mass is 9.87. The van der Waals surface area contributed by atoms with Crippen molar-refractivity contribution in [1.29, 1.82) is 0 Å². The zero-order chi connectivity index (χ0) is 12.8. The Morgan fingerprint density at radius 3 is 2.44 bits per heavy atom. The van der Waals surface area contributed by atoms with E-state index < -0.39 is 23.2 Å². The van der Waals surface area contributed by atoms with Crippen LogP contribution in [0.1, 0.15) is 13.3 Å². The number of aliphatic hydroxyl groups is 1. The smallest absolute Gasteiger partial charge is 0.235 e. The van der Waals surface area contributed by atoms with Gasteiger partial charge in [0.05, 0.1) is 0 Å². The van der Waals surface area contributed by atoms with Gasteiger partial charge in [-0.05, 0) is 19.1 Å². The molecule has 0 aromatic rings. The first-order chi connectivity index (χ1) is 7.41. The maximum absolute atomic E-state index is 11.2. The average molecular weight is 223 g/mol. The van der Waals surface area contributed by atoms with Crippen LogP contribution >= 0.6 is 0 Å². The van der Waals surface area contributed by atoms with Crippen molar-refractivity contribution in [1.82, 2.24) is 0 Å². The molecule has 0 heterocycles. The van der Waals surface area contributed by atoms with Gasteiger partial charge in [0, 0.05) is 6.42 Å². The van der Waals surface area contributed by atoms with Crippen molar-refractivity contribution in [3.63, 3.8) is 0 Å². The van der Waals surface area contributed by atoms with E-state index in [0.717, 1.165) is 12.2 Å². The van der Waals surface area contributed by atoms with Gasteiger partial charge in [-0.25, -0.2) is 4.79 Å². The first-order valence-electron chi connectivity index (χ1n) is 4.50. The molecule has 0 spiro atoms. The molecule has 86 valence electrons. The molecule has 2 unspecified atom stereocenters. The van der Waals surface area contributed by atoms with E-state index in [-0.39, 0.29) is 6.42 Å². The van der Waals surface area contributed by atoms with Gasteiger partial charge in [0.25, 0.3) is 0 Å². The van der Waals surface area contributed by atoms with Crippen LogP contribution in [0.2, 0.25) is 0 Å². The third-order valence-corrected chi connectivity index (χ3v) is 2.12. The molecule has 0 rings (SSSR count). The van der Waals surface area contributed by atoms with Crippen LogP contribution in [0.4, 0.5) is 0 Å². The highest BCUT2D eigenvalue weighted by Crippen LogP contribution is 2.21. The van der Waals surface area contributed by atoms with Gasteiger partial charge < -0.3 is 5.11 Å². The van der Waals surface area contributed by atoms with Crippen LogP contribution in [0, 0.1) is 0 Å². The van der Waals surface area contributed by atoms with E-state index in [2.05, 4.69) is 18.2 Å². The second kappa shape index (κ2) is 5.90. The third-order valence-electron chi connectivity index (χ3n) is 2.12. The van der Waals surface area contributed by atoms with Crippen molar-refractivity contribution in [2.75, 3.05) is 0 Å². The minimum Gasteiger partial charge on any atom is -0.382 e. The largest absolute Gasteiger partial charge is 0.382 e. The molecule has 1 N–H and O–H groups in total. The van der Waals surface area contributed by atoms with Crippen LogP contribution < -0.4 is 0 Å². The summed E-state index contributed by atoms with van der Waals surface area (Å²) in [5.74, 6) is -1.14. The molecule has 0 saturated carbocycles. The molecular weight excluding hydrogens is 210 g/mol. The number of nitrogens with zero attached hydrogens (tertiary/aromatic N) is 1. The van der Waals surface area contributed by atoms with Crippen LogP contribution in [0.15, 0.2) is 30.3 Å². The van der Waals surface area contributed by atoms with E-state index in [0.29, 0.717) is 0 Å². The molecule has 0 aliphatic carbocycles. The molecule has 0 aliphatic heterocycles. The molecule has 0 aliphatic rings. The molecule has 0 saturated heterocycles. The molecule has 0 amide bonds. The predicted molar refractivity (Wildman–Crippen MR) is 57.6 cm³/mol. The first kappa shape index (κ1) is 14.2. The molecule has 0 aromatic carbocycles. The first-order valence-corrected chi connectivity index (χ1v) is 4.50. The monoisotopic (exact) mass is 223 g/mol. The van der Waals surface area contributed by atoms with Crippen LogP contribution in [0.25, 0.3) is 0 Å². The van der Waals surface area contributed by atoms with E-state index in [4.69, 9.17) is 0 Å². The Bertz CT molecular complexity index is 368. The molecular formula is C11H13NO4. The summed E-state index contributed by atoms with van der Waals surface area (Å²) in [4.78, 5) is 35.9. The molecule has 0 bridgehead atoms. The lowest BCUT2D eigenvalue weighted by Gasteiger charge is -2.26. The van der Waals surface area contributed by atoms with Crippen LogP contribution in [0.5, 0.6) is 0 Å². The molecule has 5 nitrogen and oxygen atoms in total. The van der Waals surface area contributed by atoms with Crippen LogP contribution in [-0.2, 0) is 14.4 Å². The van der Waals surface area contributed by atoms with Gasteiger partial charge in [-0.1, -0.05) is 13.2 Å². The highest BCUT2D eigenvalue weighted by Gasteiger charge is 2.38. The minimum atomic E-state index is -1.60. The number of ketones is 2. The molecule has 0 fully saturated rings. The number of carbonyl (C=O) groups is 2. The molecule has 16 heavy (non-hydrogen) atoms. The summed E-state index contributed by atoms with van der Waals surface area (Å²) in [5, 5.41) is 9.63. The van der Waals surface area contributed by atoms with E-state index >= 15 is 0 Å². The normalized spacial score (nSPS) is 15.1. The fourth-order valence-electron chi connectivity index (χ4n) is 1.14. The van der Waals surface area contributed by atoms with Crippen LogP contribution in [-0.4, -0.2) is 34.4 Å². The van der Waals surface area contributed by atoms with Gasteiger partial charge in [0.2, 0.25) is 6.08 Å². The highest BCUT2D eigenvalue weighted by atomic mass is 16.3. The fraction of sp³-hybridized carbons (Fsp3) is 0.364. The average Bonchev–Trinajstić information content (AvgIpc) is 2.26. The van der Waals surface area contributed by atoms with Crippen LogP contribution in [0.3, 0.4) is 0 Å². The minimum absolute atomic E-state index is 0.299. The van der Waals surface area contributed by atoms with E-state index in [1.165, 1.54) is 13.0 Å². The molecule has 5 heteroatoms. The van der Waals surface area contributed by atoms with Crippen molar-refractivity contribution in [3.05, 3.63) is 25.3 Å². The zero-order valence-corrected chi connectivity index (χ0v) is 8.97. The number of carbonyl (C=O) groups excluding carboxylic acids is 3. The zero-order valence-electron chi connectivity index (χ0n) is 8.97. The van der Waals surface area contributed by atoms with Gasteiger partial charge in [-0.3, -0.25) is 9.59 Å². The van der Waals surface area contributed by atoms with Gasteiger partial charge in [-0.2, -0.15) is 4.99 Å². The molecule has 0 radical (unpaired) electrons. The predicted octanol–water partition coefficient (Wildman–Crippen LogP) is 0.342. The number of hydrogen-bond donors (Lipinski definition) is 1. The van der Waals surface area contributed by atoms with Crippen molar-refractivity contribution >= 4 is 17.6 Å². The second-order valence-electron chi connectivity index (χ2n) is 3.42. The van der Waals surface area contributed by atoms with E-state index in [1.807, 2.05) is 0 Å². The maximum Gasteiger partial charge on any atom is 0.235 e. The highest BCUT2D eigenvalue weighted by molar-refractivity contribution is 5.96. The number of allylic oxidation sites excluding steroid dienone is 1. The Kier molecular flexibility index (Phi) is 5.22. The van der Waals surface area contributed by atoms with E-state index in [1.54, 1.807) is 0 Å². The van der Waals surface area contributed by atoms with E-state index in [9.17, 15) is 19.5 Å². The Labute approximate surface area is 93.2 Å². The van der Waals surface area contributed by atoms with Crippen molar-refractivity contribution in [3.8, 4) is 0 Å². The summed E-state index contributed by atoms with van der Waals surface area (Å²) in [5.41, 5.74) is -1.53. The van der Waals surface area contributed by atoms with Gasteiger partial charge >= 0.3 is 0 Å². The Hall–Kier alpha value is -1.84. The summed E-state index contributed by atoms with van der Waals surface area (Å²) >= 11 is 0. The van der Waals surface area contributed by atoms with Crippen molar-refractivity contribution in [2.45, 2.75) is 25.0 Å². The lowest BCUT2D eigenvalue weighted by molar-refractivity contribution is -0.126. The molecule has 2 atom stereocenters. The summed E-state index contributed by atoms with van der Waals surface area (Å²) in [6.07, 6.45) is 1.27. The summed E-state index contributed by atoms with van der Waals surface area (Å²) in [7, 11) is 0. The number of isocyanates is 1. The fourth-order valence-corrected chi connectivity index (χ4v) is 1.14. The second-order valence-corrected chi connectivity index (χ2v) is 3.42. The number of aliphatic imine (C=N–C) groups is 1. The third kappa shape index (κ3) is 3.38. The molecule has 0 aromatic heterocycles. The van der Waals surface area contributed by atoms with Gasteiger partial charge in [0.15, 0.2) is 11.6 Å². The number of hydrogen-bond acceptors (Lipinski definition) is 5. The van der Waals surface area contributed by atoms with Crippen molar-refractivity contribution < 1.29 is 19.5 Å². The van der Waals surface area contributed by atoms with Crippen molar-refractivity contribution in [2.24, 2.45) is 4.99 Å². The standard InChI is InChI=1S/C11H13NO4/c1-4-8(14)6-11(3,12-7-13)10(16)9(15)5-2/h4-5,10,16H,1-2,6H2,3H3. The summed E-state index contributed by atoms with van der Waals surface area (Å²) in [6.45, 7) is 7.76. The Morgan fingerprint density at radius 2 is 2.06 bits per heavy atom. The van der Waals surface area contributed by atoms with Gasteiger partial charge in [-0.15, -0.1) is 0 Å². The summed E-state index contributed by atoms with van der Waals surface area (Å²) < 4.78 is 0. The topological polar surface area (TPSA) is 83.8 Å². The lowest BCUT2D eigenvalue weighted by Crippen LogP contribution is -2.44. The number of rotatable bonds is 7. The summed E-state index contributed by atoms with van der Waals surface area (Å²) in [6, 6.07) is 0. The Morgan fingerprint density at radius 1 is 1.50 bits per heavy atom. The van der Waals surface area contributed by atoms with Gasteiger partial charge in [0.1, 0.15) is 11.6 Å². The maximum atomic E-state index is 11.2. The Balaban J connectivity index is 5.16. The SMILES string of the molecule is C=CC(=O)CC(C)(N=C=O)C(O)C(=O)C=C. The quantitative estimate of drug-likeness (QED) is 0.383.